The molecule has 1 atom stereocenters. The number of nitrogens with one attached hydrogen (secondary N) is 1. The quantitative estimate of drug-likeness (QED) is 0.847. The molecule has 0 aliphatic carbocycles. The van der Waals surface area contributed by atoms with Gasteiger partial charge in [-0.25, -0.2) is 0 Å². The predicted octanol–water partition coefficient (Wildman–Crippen LogP) is 0.940. The predicted molar refractivity (Wildman–Crippen MR) is 86.9 cm³/mol. The molecule has 0 saturated carbocycles. The standard InChI is InChI=1S/C17H25N3O3/c1-4-13-6-7-14(19-11-13)10-15(21)20-9-5-8-17(20,12-23-3)16(22)18-2/h6-7,11H,4-5,8-10,12H2,1-3H3,(H,18,22). The van der Waals surface area contributed by atoms with Gasteiger partial charge in [-0.2, -0.15) is 0 Å². The van der Waals surface area contributed by atoms with Gasteiger partial charge in [-0.3, -0.25) is 14.6 Å². The smallest absolute Gasteiger partial charge is 0.248 e. The zero-order valence-electron chi connectivity index (χ0n) is 14.1. The number of aromatic nitrogens is 1. The van der Waals surface area contributed by atoms with Gasteiger partial charge in [0.1, 0.15) is 5.54 Å². The Bertz CT molecular complexity index is 559. The normalized spacial score (nSPS) is 20.6. The number of aryl methyl sites for hydroxylation is 1. The Morgan fingerprint density at radius 3 is 2.78 bits per heavy atom. The summed E-state index contributed by atoms with van der Waals surface area (Å²) < 4.78 is 5.24. The van der Waals surface area contributed by atoms with Crippen molar-refractivity contribution in [1.29, 1.82) is 0 Å². The Balaban J connectivity index is 2.16. The van der Waals surface area contributed by atoms with Gasteiger partial charge in [0.15, 0.2) is 0 Å². The van der Waals surface area contributed by atoms with E-state index >= 15 is 0 Å². The van der Waals surface area contributed by atoms with Crippen LogP contribution in [0.25, 0.3) is 0 Å². The highest BCUT2D eigenvalue weighted by atomic mass is 16.5. The van der Waals surface area contributed by atoms with Crippen LogP contribution in [0.2, 0.25) is 0 Å². The van der Waals surface area contributed by atoms with E-state index in [1.165, 1.54) is 0 Å². The number of carbonyl (C=O) groups excluding carboxylic acids is 2. The Kier molecular flexibility index (Phi) is 5.71. The molecule has 2 heterocycles. The van der Waals surface area contributed by atoms with E-state index in [1.54, 1.807) is 25.3 Å². The molecule has 0 spiro atoms. The maximum absolute atomic E-state index is 12.7. The van der Waals surface area contributed by atoms with Crippen molar-refractivity contribution in [1.82, 2.24) is 15.2 Å². The molecule has 1 aliphatic heterocycles. The Labute approximate surface area is 137 Å². The van der Waals surface area contributed by atoms with Crippen LogP contribution in [0.5, 0.6) is 0 Å². The van der Waals surface area contributed by atoms with Crippen molar-refractivity contribution >= 4 is 11.8 Å². The van der Waals surface area contributed by atoms with Gasteiger partial charge in [-0.15, -0.1) is 0 Å². The molecule has 6 heteroatoms. The molecule has 2 amide bonds. The van der Waals surface area contributed by atoms with Crippen LogP contribution in [0.4, 0.5) is 0 Å². The van der Waals surface area contributed by atoms with Crippen molar-refractivity contribution in [2.24, 2.45) is 0 Å². The number of pyridine rings is 1. The number of rotatable bonds is 6. The van der Waals surface area contributed by atoms with Crippen molar-refractivity contribution in [3.8, 4) is 0 Å². The lowest BCUT2D eigenvalue weighted by Gasteiger charge is -2.36. The number of ether oxygens (including phenoxy) is 1. The van der Waals surface area contributed by atoms with E-state index < -0.39 is 5.54 Å². The largest absolute Gasteiger partial charge is 0.382 e. The van der Waals surface area contributed by atoms with E-state index in [2.05, 4.69) is 17.2 Å². The number of hydrogen-bond acceptors (Lipinski definition) is 4. The van der Waals surface area contributed by atoms with Crippen molar-refractivity contribution in [3.05, 3.63) is 29.6 Å². The highest BCUT2D eigenvalue weighted by molar-refractivity contribution is 5.92. The average molecular weight is 319 g/mol. The van der Waals surface area contributed by atoms with Crippen molar-refractivity contribution in [3.63, 3.8) is 0 Å². The SMILES string of the molecule is CCc1ccc(CC(=O)N2CCCC2(COC)C(=O)NC)nc1. The molecule has 1 N–H and O–H groups in total. The molecule has 1 aromatic rings. The first-order chi connectivity index (χ1) is 11.1. The van der Waals surface area contributed by atoms with E-state index in [9.17, 15) is 9.59 Å². The van der Waals surface area contributed by atoms with Crippen LogP contribution >= 0.6 is 0 Å². The summed E-state index contributed by atoms with van der Waals surface area (Å²) in [5.74, 6) is -0.251. The first-order valence-electron chi connectivity index (χ1n) is 8.02. The minimum atomic E-state index is -0.899. The van der Waals surface area contributed by atoms with Crippen molar-refractivity contribution < 1.29 is 14.3 Å². The molecule has 126 valence electrons. The van der Waals surface area contributed by atoms with E-state index in [4.69, 9.17) is 4.74 Å². The molecule has 0 bridgehead atoms. The second kappa shape index (κ2) is 7.55. The molecule has 1 aliphatic rings. The lowest BCUT2D eigenvalue weighted by Crippen LogP contribution is -2.59. The molecular formula is C17H25N3O3. The molecular weight excluding hydrogens is 294 g/mol. The molecule has 0 aromatic carbocycles. The van der Waals surface area contributed by atoms with Gasteiger partial charge in [0.05, 0.1) is 13.0 Å². The molecule has 0 radical (unpaired) electrons. The highest BCUT2D eigenvalue weighted by Gasteiger charge is 2.49. The van der Waals surface area contributed by atoms with Crippen LogP contribution in [-0.2, 0) is 27.2 Å². The summed E-state index contributed by atoms with van der Waals surface area (Å²) >= 11 is 0. The van der Waals surface area contributed by atoms with Gasteiger partial charge < -0.3 is 15.0 Å². The summed E-state index contributed by atoms with van der Waals surface area (Å²) in [6.07, 6.45) is 4.33. The fourth-order valence-corrected chi connectivity index (χ4v) is 3.18. The third-order valence-corrected chi connectivity index (χ3v) is 4.45. The fourth-order valence-electron chi connectivity index (χ4n) is 3.18. The topological polar surface area (TPSA) is 71.5 Å². The number of methoxy groups -OCH3 is 1. The van der Waals surface area contributed by atoms with Crippen LogP contribution in [0.15, 0.2) is 18.3 Å². The Morgan fingerprint density at radius 1 is 1.43 bits per heavy atom. The van der Waals surface area contributed by atoms with Crippen LogP contribution in [0.1, 0.15) is 31.0 Å². The number of hydrogen-bond donors (Lipinski definition) is 1. The Hall–Kier alpha value is -1.95. The minimum absolute atomic E-state index is 0.0834. The fraction of sp³-hybridized carbons (Fsp3) is 0.588. The van der Waals surface area contributed by atoms with Crippen LogP contribution in [0, 0.1) is 0 Å². The van der Waals surface area contributed by atoms with Gasteiger partial charge in [0, 0.05) is 32.6 Å². The molecule has 1 fully saturated rings. The average Bonchev–Trinajstić information content (AvgIpc) is 3.00. The number of carbonyl (C=O) groups is 2. The summed E-state index contributed by atoms with van der Waals surface area (Å²) in [4.78, 5) is 31.1. The van der Waals surface area contributed by atoms with Crippen LogP contribution in [0.3, 0.4) is 0 Å². The number of likely N-dealkylation sites (N-methyl/N-ethyl adjacent to an activating group) is 1. The van der Waals surface area contributed by atoms with Crippen molar-refractivity contribution in [2.75, 3.05) is 27.3 Å². The molecule has 1 unspecified atom stereocenters. The summed E-state index contributed by atoms with van der Waals surface area (Å²) in [5.41, 5.74) is 0.966. The van der Waals surface area contributed by atoms with Crippen LogP contribution in [-0.4, -0.2) is 54.5 Å². The summed E-state index contributed by atoms with van der Waals surface area (Å²) in [5, 5.41) is 2.67. The summed E-state index contributed by atoms with van der Waals surface area (Å²) in [6, 6.07) is 3.87. The Morgan fingerprint density at radius 2 is 2.22 bits per heavy atom. The van der Waals surface area contributed by atoms with Gasteiger partial charge in [0.25, 0.3) is 0 Å². The van der Waals surface area contributed by atoms with Gasteiger partial charge in [-0.1, -0.05) is 13.0 Å². The second-order valence-corrected chi connectivity index (χ2v) is 5.88. The van der Waals surface area contributed by atoms with E-state index in [-0.39, 0.29) is 24.8 Å². The van der Waals surface area contributed by atoms with Crippen molar-refractivity contribution in [2.45, 2.75) is 38.1 Å². The number of likely N-dealkylation sites (tertiary alicyclic amines) is 1. The third kappa shape index (κ3) is 3.52. The second-order valence-electron chi connectivity index (χ2n) is 5.88. The number of nitrogens with zero attached hydrogens (tertiary/aromatic N) is 2. The molecule has 1 aromatic heterocycles. The molecule has 1 saturated heterocycles. The maximum Gasteiger partial charge on any atom is 0.248 e. The summed E-state index contributed by atoms with van der Waals surface area (Å²) in [6.45, 7) is 2.85. The van der Waals surface area contributed by atoms with Gasteiger partial charge in [-0.05, 0) is 30.9 Å². The van der Waals surface area contributed by atoms with Gasteiger partial charge in [0.2, 0.25) is 11.8 Å². The lowest BCUT2D eigenvalue weighted by molar-refractivity contribution is -0.147. The minimum Gasteiger partial charge on any atom is -0.382 e. The summed E-state index contributed by atoms with van der Waals surface area (Å²) in [7, 11) is 3.14. The van der Waals surface area contributed by atoms with E-state index in [0.717, 1.165) is 24.1 Å². The maximum atomic E-state index is 12.7. The first-order valence-corrected chi connectivity index (χ1v) is 8.02. The van der Waals surface area contributed by atoms with E-state index in [1.807, 2.05) is 12.1 Å². The zero-order chi connectivity index (χ0) is 16.9. The lowest BCUT2D eigenvalue weighted by atomic mass is 9.95. The third-order valence-electron chi connectivity index (χ3n) is 4.45. The molecule has 2 rings (SSSR count). The highest BCUT2D eigenvalue weighted by Crippen LogP contribution is 2.30. The van der Waals surface area contributed by atoms with Crippen LogP contribution < -0.4 is 5.32 Å². The van der Waals surface area contributed by atoms with E-state index in [0.29, 0.717) is 13.0 Å². The molecule has 6 nitrogen and oxygen atoms in total. The first kappa shape index (κ1) is 17.4. The number of amides is 2. The molecule has 23 heavy (non-hydrogen) atoms. The zero-order valence-corrected chi connectivity index (χ0v) is 14.1. The van der Waals surface area contributed by atoms with Gasteiger partial charge >= 0.3 is 0 Å². The monoisotopic (exact) mass is 319 g/mol.